The summed E-state index contributed by atoms with van der Waals surface area (Å²) in [6.07, 6.45) is -4.01. The monoisotopic (exact) mass is 453 g/mol. The lowest BCUT2D eigenvalue weighted by molar-refractivity contribution is -0.192. The summed E-state index contributed by atoms with van der Waals surface area (Å²) in [4.78, 5) is 21.2. The van der Waals surface area contributed by atoms with Gasteiger partial charge in [-0.25, -0.2) is 14.8 Å². The van der Waals surface area contributed by atoms with Gasteiger partial charge in [0.15, 0.2) is 5.82 Å². The largest absolute Gasteiger partial charge is 0.490 e. The van der Waals surface area contributed by atoms with Gasteiger partial charge in [-0.3, -0.25) is 4.90 Å². The van der Waals surface area contributed by atoms with Crippen molar-refractivity contribution in [2.24, 2.45) is 0 Å². The van der Waals surface area contributed by atoms with Crippen molar-refractivity contribution in [3.05, 3.63) is 47.3 Å². The summed E-state index contributed by atoms with van der Waals surface area (Å²) >= 11 is 0. The number of aryl methyl sites for hydroxylation is 1. The molecule has 1 aromatic carbocycles. The van der Waals surface area contributed by atoms with Crippen LogP contribution in [0.1, 0.15) is 23.4 Å². The van der Waals surface area contributed by atoms with E-state index in [9.17, 15) is 13.2 Å². The van der Waals surface area contributed by atoms with E-state index in [1.165, 1.54) is 11.3 Å². The van der Waals surface area contributed by atoms with E-state index in [0.29, 0.717) is 6.61 Å². The van der Waals surface area contributed by atoms with E-state index in [1.807, 2.05) is 18.2 Å². The van der Waals surface area contributed by atoms with Crippen molar-refractivity contribution in [1.82, 2.24) is 14.9 Å². The number of aromatic nitrogens is 2. The summed E-state index contributed by atoms with van der Waals surface area (Å²) in [6.45, 7) is 7.21. The molecule has 1 spiro atoms. The number of methoxy groups -OCH3 is 1. The number of aliphatic carboxylic acids is 1. The van der Waals surface area contributed by atoms with Gasteiger partial charge in [-0.2, -0.15) is 13.2 Å². The normalized spacial score (nSPS) is 20.5. The number of carboxylic acid groups (broad SMARTS) is 1. The average Bonchev–Trinajstić information content (AvgIpc) is 3.17. The predicted octanol–water partition coefficient (Wildman–Crippen LogP) is 3.21. The second-order valence-electron chi connectivity index (χ2n) is 7.92. The highest BCUT2D eigenvalue weighted by Gasteiger charge is 2.45. The second-order valence-corrected chi connectivity index (χ2v) is 7.92. The number of halogens is 3. The van der Waals surface area contributed by atoms with E-state index in [0.717, 1.165) is 56.4 Å². The molecule has 1 fully saturated rings. The van der Waals surface area contributed by atoms with Crippen molar-refractivity contribution in [2.45, 2.75) is 31.5 Å². The Morgan fingerprint density at radius 3 is 2.59 bits per heavy atom. The van der Waals surface area contributed by atoms with Crippen LogP contribution in [0, 0.1) is 6.92 Å². The number of nitrogens with zero attached hydrogens (tertiary/aromatic N) is 3. The molecule has 1 unspecified atom stereocenters. The fourth-order valence-electron chi connectivity index (χ4n) is 4.02. The van der Waals surface area contributed by atoms with E-state index in [4.69, 9.17) is 29.3 Å². The van der Waals surface area contributed by atoms with Crippen molar-refractivity contribution < 1.29 is 32.5 Å². The van der Waals surface area contributed by atoms with Crippen LogP contribution in [0.2, 0.25) is 0 Å². The number of carbonyl (C=O) groups is 1. The van der Waals surface area contributed by atoms with Gasteiger partial charge in [-0.15, -0.1) is 0 Å². The SMILES string of the molecule is COCCN1CCC2(COCc3c(C)nc(-c4ccccc4)nc32)C1.O=C(O)C(F)(F)F. The van der Waals surface area contributed by atoms with Crippen LogP contribution in [-0.4, -0.2) is 72.1 Å². The zero-order chi connectivity index (χ0) is 23.4. The zero-order valence-electron chi connectivity index (χ0n) is 18.0. The van der Waals surface area contributed by atoms with E-state index in [-0.39, 0.29) is 5.41 Å². The number of fused-ring (bicyclic) bond motifs is 2. The fraction of sp³-hybridized carbons (Fsp3) is 0.500. The molecule has 3 heterocycles. The molecule has 0 aliphatic carbocycles. The van der Waals surface area contributed by atoms with Gasteiger partial charge in [0.1, 0.15) is 0 Å². The first-order valence-electron chi connectivity index (χ1n) is 10.2. The first kappa shape index (κ1) is 24.1. The number of rotatable bonds is 4. The van der Waals surface area contributed by atoms with Crippen molar-refractivity contribution in [3.8, 4) is 11.4 Å². The summed E-state index contributed by atoms with van der Waals surface area (Å²) in [7, 11) is 1.76. The Bertz CT molecular complexity index is 940. The minimum Gasteiger partial charge on any atom is -0.475 e. The Kier molecular flexibility index (Phi) is 7.47. The number of likely N-dealkylation sites (tertiary alicyclic amines) is 1. The quantitative estimate of drug-likeness (QED) is 0.761. The van der Waals surface area contributed by atoms with Crippen LogP contribution in [0.15, 0.2) is 30.3 Å². The van der Waals surface area contributed by atoms with Crippen LogP contribution >= 0.6 is 0 Å². The summed E-state index contributed by atoms with van der Waals surface area (Å²) < 4.78 is 43.0. The van der Waals surface area contributed by atoms with E-state index in [2.05, 4.69) is 24.0 Å². The third-order valence-corrected chi connectivity index (χ3v) is 5.66. The molecule has 2 aliphatic heterocycles. The number of ether oxygens (including phenoxy) is 2. The minimum atomic E-state index is -5.08. The smallest absolute Gasteiger partial charge is 0.475 e. The summed E-state index contributed by atoms with van der Waals surface area (Å²) in [5.74, 6) is -1.93. The number of alkyl halides is 3. The molecule has 1 N–H and O–H groups in total. The third kappa shape index (κ3) is 5.43. The van der Waals surface area contributed by atoms with Gasteiger partial charge in [0.2, 0.25) is 0 Å². The fourth-order valence-corrected chi connectivity index (χ4v) is 4.02. The van der Waals surface area contributed by atoms with E-state index >= 15 is 0 Å². The average molecular weight is 453 g/mol. The van der Waals surface area contributed by atoms with E-state index in [1.54, 1.807) is 7.11 Å². The van der Waals surface area contributed by atoms with Gasteiger partial charge in [-0.05, 0) is 19.9 Å². The highest BCUT2D eigenvalue weighted by atomic mass is 19.4. The lowest BCUT2D eigenvalue weighted by atomic mass is 9.80. The first-order valence-corrected chi connectivity index (χ1v) is 10.2. The molecule has 1 atom stereocenters. The molecule has 1 saturated heterocycles. The van der Waals surface area contributed by atoms with Crippen molar-refractivity contribution in [2.75, 3.05) is 40.0 Å². The van der Waals surface area contributed by atoms with Gasteiger partial charge in [0, 0.05) is 37.0 Å². The van der Waals surface area contributed by atoms with Crippen molar-refractivity contribution in [3.63, 3.8) is 0 Å². The highest BCUT2D eigenvalue weighted by Crippen LogP contribution is 2.40. The molecule has 0 saturated carbocycles. The molecule has 0 amide bonds. The molecule has 0 radical (unpaired) electrons. The number of hydrogen-bond acceptors (Lipinski definition) is 6. The van der Waals surface area contributed by atoms with Gasteiger partial charge in [0.05, 0.1) is 30.9 Å². The maximum absolute atomic E-state index is 10.6. The van der Waals surface area contributed by atoms with Gasteiger partial charge in [0.25, 0.3) is 0 Å². The Balaban J connectivity index is 0.000000360. The van der Waals surface area contributed by atoms with Crippen molar-refractivity contribution in [1.29, 1.82) is 0 Å². The minimum absolute atomic E-state index is 0.0153. The highest BCUT2D eigenvalue weighted by molar-refractivity contribution is 5.73. The predicted molar refractivity (Wildman–Crippen MR) is 110 cm³/mol. The van der Waals surface area contributed by atoms with Crippen LogP contribution in [0.25, 0.3) is 11.4 Å². The summed E-state index contributed by atoms with van der Waals surface area (Å²) in [6, 6.07) is 10.2. The molecule has 174 valence electrons. The van der Waals surface area contributed by atoms with Crippen LogP contribution in [0.4, 0.5) is 13.2 Å². The molecular formula is C22H26F3N3O4. The van der Waals surface area contributed by atoms with Gasteiger partial charge < -0.3 is 14.6 Å². The Labute approximate surface area is 184 Å². The molecular weight excluding hydrogens is 427 g/mol. The standard InChI is InChI=1S/C20H25N3O2.C2HF3O2/c1-15-17-12-25-14-20(8-9-23(13-20)10-11-24-2)18(17)22-19(21-15)16-6-4-3-5-7-16;3-2(4,5)1(6)7/h3-7H,8-14H2,1-2H3;(H,6,7). The third-order valence-electron chi connectivity index (χ3n) is 5.66. The topological polar surface area (TPSA) is 84.8 Å². The number of benzene rings is 1. The van der Waals surface area contributed by atoms with Gasteiger partial charge in [-0.1, -0.05) is 30.3 Å². The summed E-state index contributed by atoms with van der Waals surface area (Å²) in [5, 5.41) is 7.12. The second kappa shape index (κ2) is 9.93. The van der Waals surface area contributed by atoms with Crippen LogP contribution < -0.4 is 0 Å². The Morgan fingerprint density at radius 2 is 1.97 bits per heavy atom. The molecule has 1 aromatic heterocycles. The summed E-state index contributed by atoms with van der Waals surface area (Å²) in [5.41, 5.74) is 4.48. The lowest BCUT2D eigenvalue weighted by Gasteiger charge is -2.35. The van der Waals surface area contributed by atoms with Crippen LogP contribution in [0.5, 0.6) is 0 Å². The number of carboxylic acids is 1. The molecule has 7 nitrogen and oxygen atoms in total. The molecule has 2 aliphatic rings. The Hall–Kier alpha value is -2.56. The molecule has 10 heteroatoms. The number of hydrogen-bond donors (Lipinski definition) is 1. The Morgan fingerprint density at radius 1 is 1.28 bits per heavy atom. The first-order chi connectivity index (χ1) is 15.2. The molecule has 4 rings (SSSR count). The maximum atomic E-state index is 10.6. The van der Waals surface area contributed by atoms with Gasteiger partial charge >= 0.3 is 12.1 Å². The molecule has 2 aromatic rings. The van der Waals surface area contributed by atoms with E-state index < -0.39 is 12.1 Å². The van der Waals surface area contributed by atoms with Crippen LogP contribution in [0.3, 0.4) is 0 Å². The maximum Gasteiger partial charge on any atom is 0.490 e. The van der Waals surface area contributed by atoms with Crippen molar-refractivity contribution >= 4 is 5.97 Å². The molecule has 32 heavy (non-hydrogen) atoms. The molecule has 0 bridgehead atoms. The van der Waals surface area contributed by atoms with Crippen LogP contribution in [-0.2, 0) is 26.3 Å². The zero-order valence-corrected chi connectivity index (χ0v) is 18.0. The lowest BCUT2D eigenvalue weighted by Crippen LogP contribution is -2.41.